The molecule has 1 aromatic heterocycles. The highest BCUT2D eigenvalue weighted by molar-refractivity contribution is 6.33. The molecule has 0 atom stereocenters. The number of amides is 1. The molecular formula is C13H10ClN3O4. The lowest BCUT2D eigenvalue weighted by Gasteiger charge is -2.08. The van der Waals surface area contributed by atoms with E-state index in [4.69, 9.17) is 16.7 Å². The molecule has 8 heteroatoms. The topological polar surface area (TPSA) is 101 Å². The van der Waals surface area contributed by atoms with Gasteiger partial charge in [0.05, 0.1) is 10.6 Å². The van der Waals surface area contributed by atoms with Crippen LogP contribution in [0.4, 0.5) is 5.69 Å². The molecule has 0 saturated heterocycles. The van der Waals surface area contributed by atoms with Gasteiger partial charge >= 0.3 is 11.7 Å². The number of anilines is 1. The zero-order chi connectivity index (χ0) is 15.4. The van der Waals surface area contributed by atoms with Crippen molar-refractivity contribution in [3.8, 4) is 0 Å². The van der Waals surface area contributed by atoms with Crippen LogP contribution in [0, 0.1) is 0 Å². The van der Waals surface area contributed by atoms with Gasteiger partial charge in [-0.05, 0) is 24.3 Å². The molecule has 2 rings (SSSR count). The van der Waals surface area contributed by atoms with Crippen LogP contribution in [-0.2, 0) is 11.3 Å². The zero-order valence-corrected chi connectivity index (χ0v) is 11.4. The highest BCUT2D eigenvalue weighted by atomic mass is 35.5. The number of carbonyl (C=O) groups excluding carboxylic acids is 1. The van der Waals surface area contributed by atoms with Crippen molar-refractivity contribution < 1.29 is 14.7 Å². The largest absolute Gasteiger partial charge is 0.478 e. The van der Waals surface area contributed by atoms with E-state index in [9.17, 15) is 14.4 Å². The standard InChI is InChI=1S/C13H10ClN3O4/c14-10-3-2-8(6-9(10)12(19)20)16-11(18)7-17-5-1-4-15-13(17)21/h1-6H,7H2,(H,16,18)(H,19,20). The molecule has 0 aliphatic rings. The SMILES string of the molecule is O=C(Cn1cccnc1=O)Nc1ccc(Cl)c(C(=O)O)c1. The summed E-state index contributed by atoms with van der Waals surface area (Å²) in [6.45, 7) is -0.224. The molecule has 0 bridgehead atoms. The Bertz CT molecular complexity index is 757. The Labute approximate surface area is 123 Å². The van der Waals surface area contributed by atoms with E-state index < -0.39 is 17.6 Å². The Hall–Kier alpha value is -2.67. The van der Waals surface area contributed by atoms with Crippen LogP contribution < -0.4 is 11.0 Å². The molecule has 0 aliphatic heterocycles. The van der Waals surface area contributed by atoms with Gasteiger partial charge in [0.2, 0.25) is 5.91 Å². The second kappa shape index (κ2) is 6.19. The molecule has 1 aromatic carbocycles. The second-order valence-corrected chi connectivity index (χ2v) is 4.49. The maximum Gasteiger partial charge on any atom is 0.347 e. The van der Waals surface area contributed by atoms with Crippen molar-refractivity contribution in [3.05, 3.63) is 57.7 Å². The van der Waals surface area contributed by atoms with E-state index in [-0.39, 0.29) is 22.8 Å². The summed E-state index contributed by atoms with van der Waals surface area (Å²) in [5, 5.41) is 11.5. The Morgan fingerprint density at radius 3 is 2.81 bits per heavy atom. The predicted molar refractivity (Wildman–Crippen MR) is 75.5 cm³/mol. The van der Waals surface area contributed by atoms with E-state index in [1.54, 1.807) is 0 Å². The van der Waals surface area contributed by atoms with Crippen molar-refractivity contribution >= 4 is 29.2 Å². The first-order chi connectivity index (χ1) is 9.97. The van der Waals surface area contributed by atoms with Crippen LogP contribution in [0.3, 0.4) is 0 Å². The monoisotopic (exact) mass is 307 g/mol. The molecule has 0 spiro atoms. The summed E-state index contributed by atoms with van der Waals surface area (Å²) in [6.07, 6.45) is 2.76. The Morgan fingerprint density at radius 1 is 1.38 bits per heavy atom. The number of nitrogens with one attached hydrogen (secondary N) is 1. The molecule has 7 nitrogen and oxygen atoms in total. The first-order valence-corrected chi connectivity index (χ1v) is 6.19. The van der Waals surface area contributed by atoms with Crippen LogP contribution >= 0.6 is 11.6 Å². The third-order valence-corrected chi connectivity index (χ3v) is 2.91. The van der Waals surface area contributed by atoms with E-state index in [1.165, 1.54) is 36.7 Å². The van der Waals surface area contributed by atoms with Gasteiger partial charge in [-0.2, -0.15) is 0 Å². The third-order valence-electron chi connectivity index (χ3n) is 2.58. The first-order valence-electron chi connectivity index (χ1n) is 5.81. The second-order valence-electron chi connectivity index (χ2n) is 4.08. The number of halogens is 1. The lowest BCUT2D eigenvalue weighted by molar-refractivity contribution is -0.116. The minimum Gasteiger partial charge on any atom is -0.478 e. The summed E-state index contributed by atoms with van der Waals surface area (Å²) >= 11 is 5.73. The number of carboxylic acids is 1. The summed E-state index contributed by atoms with van der Waals surface area (Å²) in [4.78, 5) is 37.7. The van der Waals surface area contributed by atoms with Gasteiger partial charge in [0.25, 0.3) is 0 Å². The van der Waals surface area contributed by atoms with Crippen molar-refractivity contribution in [1.29, 1.82) is 0 Å². The molecule has 0 aliphatic carbocycles. The number of hydrogen-bond acceptors (Lipinski definition) is 4. The number of benzene rings is 1. The lowest BCUT2D eigenvalue weighted by atomic mass is 10.2. The van der Waals surface area contributed by atoms with Gasteiger partial charge in [0.15, 0.2) is 0 Å². The van der Waals surface area contributed by atoms with Gasteiger partial charge in [0.1, 0.15) is 6.54 Å². The molecule has 2 N–H and O–H groups in total. The average molecular weight is 308 g/mol. The summed E-state index contributed by atoms with van der Waals surface area (Å²) in [5.41, 5.74) is -0.387. The van der Waals surface area contributed by atoms with Crippen LogP contribution in [0.1, 0.15) is 10.4 Å². The van der Waals surface area contributed by atoms with Crippen molar-refractivity contribution in [1.82, 2.24) is 9.55 Å². The molecule has 1 heterocycles. The minimum atomic E-state index is -1.19. The van der Waals surface area contributed by atoms with Crippen molar-refractivity contribution in [3.63, 3.8) is 0 Å². The number of aromatic carboxylic acids is 1. The maximum atomic E-state index is 11.8. The lowest BCUT2D eigenvalue weighted by Crippen LogP contribution is -2.28. The van der Waals surface area contributed by atoms with Gasteiger partial charge in [-0.15, -0.1) is 0 Å². The Kier molecular flexibility index (Phi) is 4.34. The van der Waals surface area contributed by atoms with Crippen LogP contribution in [0.15, 0.2) is 41.5 Å². The van der Waals surface area contributed by atoms with E-state index >= 15 is 0 Å². The molecular weight excluding hydrogens is 298 g/mol. The summed E-state index contributed by atoms with van der Waals surface area (Å²) in [5.74, 6) is -1.68. The van der Waals surface area contributed by atoms with Crippen LogP contribution in [0.2, 0.25) is 5.02 Å². The number of rotatable bonds is 4. The molecule has 2 aromatic rings. The van der Waals surface area contributed by atoms with Gasteiger partial charge < -0.3 is 10.4 Å². The van der Waals surface area contributed by atoms with Gasteiger partial charge in [-0.1, -0.05) is 11.6 Å². The van der Waals surface area contributed by atoms with Gasteiger partial charge in [-0.3, -0.25) is 9.36 Å². The fourth-order valence-corrected chi connectivity index (χ4v) is 1.83. The summed E-state index contributed by atoms with van der Waals surface area (Å²) in [6, 6.07) is 5.61. The van der Waals surface area contributed by atoms with Crippen LogP contribution in [-0.4, -0.2) is 26.5 Å². The highest BCUT2D eigenvalue weighted by Gasteiger charge is 2.11. The van der Waals surface area contributed by atoms with E-state index in [0.29, 0.717) is 0 Å². The maximum absolute atomic E-state index is 11.8. The first kappa shape index (κ1) is 14.7. The average Bonchev–Trinajstić information content (AvgIpc) is 2.43. The minimum absolute atomic E-state index is 0.0731. The van der Waals surface area contributed by atoms with Crippen LogP contribution in [0.5, 0.6) is 0 Å². The number of carboxylic acid groups (broad SMARTS) is 1. The zero-order valence-electron chi connectivity index (χ0n) is 10.6. The molecule has 0 unspecified atom stereocenters. The van der Waals surface area contributed by atoms with Crippen molar-refractivity contribution in [2.45, 2.75) is 6.54 Å². The van der Waals surface area contributed by atoms with E-state index in [2.05, 4.69) is 10.3 Å². The van der Waals surface area contributed by atoms with E-state index in [1.807, 2.05) is 0 Å². The fourth-order valence-electron chi connectivity index (χ4n) is 1.63. The molecule has 0 fully saturated rings. The molecule has 0 saturated carbocycles. The smallest absolute Gasteiger partial charge is 0.347 e. The van der Waals surface area contributed by atoms with Gasteiger partial charge in [-0.25, -0.2) is 14.6 Å². The van der Waals surface area contributed by atoms with Crippen molar-refractivity contribution in [2.75, 3.05) is 5.32 Å². The van der Waals surface area contributed by atoms with E-state index in [0.717, 1.165) is 4.57 Å². The van der Waals surface area contributed by atoms with Crippen molar-refractivity contribution in [2.24, 2.45) is 0 Å². The number of aromatic nitrogens is 2. The Morgan fingerprint density at radius 2 is 2.14 bits per heavy atom. The molecule has 108 valence electrons. The highest BCUT2D eigenvalue weighted by Crippen LogP contribution is 2.20. The molecule has 21 heavy (non-hydrogen) atoms. The van der Waals surface area contributed by atoms with Gasteiger partial charge in [0, 0.05) is 18.1 Å². The Balaban J connectivity index is 2.13. The number of hydrogen-bond donors (Lipinski definition) is 2. The predicted octanol–water partition coefficient (Wildman–Crippen LogP) is 1.23. The van der Waals surface area contributed by atoms with Crippen LogP contribution in [0.25, 0.3) is 0 Å². The quantitative estimate of drug-likeness (QED) is 0.884. The number of nitrogens with zero attached hydrogens (tertiary/aromatic N) is 2. The summed E-state index contributed by atoms with van der Waals surface area (Å²) < 4.78 is 1.13. The normalized spacial score (nSPS) is 10.1. The number of carbonyl (C=O) groups is 2. The molecule has 0 radical (unpaired) electrons. The summed E-state index contributed by atoms with van der Waals surface area (Å²) in [7, 11) is 0. The third kappa shape index (κ3) is 3.67. The fraction of sp³-hybridized carbons (Fsp3) is 0.0769. The molecule has 1 amide bonds.